The lowest BCUT2D eigenvalue weighted by Crippen LogP contribution is -2.03. The van der Waals surface area contributed by atoms with Gasteiger partial charge in [0.2, 0.25) is 0 Å². The maximum Gasteiger partial charge on any atom is 0.256 e. The zero-order chi connectivity index (χ0) is 12.8. The van der Waals surface area contributed by atoms with Gasteiger partial charge in [-0.2, -0.15) is 0 Å². The summed E-state index contributed by atoms with van der Waals surface area (Å²) in [6, 6.07) is 3.84. The van der Waals surface area contributed by atoms with Gasteiger partial charge in [0.25, 0.3) is 5.91 Å². The molecule has 0 unspecified atom stereocenters. The highest BCUT2D eigenvalue weighted by molar-refractivity contribution is 7.17. The van der Waals surface area contributed by atoms with Crippen molar-refractivity contribution in [2.24, 2.45) is 4.99 Å². The Morgan fingerprint density at radius 1 is 1.37 bits per heavy atom. The number of aliphatic imine (C=N–C) groups is 1. The fourth-order valence-electron chi connectivity index (χ4n) is 2.37. The average Bonchev–Trinajstić information content (AvgIpc) is 3.10. The van der Waals surface area contributed by atoms with E-state index in [1.165, 1.54) is 0 Å². The minimum absolute atomic E-state index is 0.0705. The van der Waals surface area contributed by atoms with Crippen molar-refractivity contribution in [3.63, 3.8) is 0 Å². The monoisotopic (exact) mass is 267 g/mol. The predicted molar refractivity (Wildman–Crippen MR) is 77.4 cm³/mol. The molecule has 1 amide bonds. The highest BCUT2D eigenvalue weighted by Crippen LogP contribution is 2.39. The lowest BCUT2D eigenvalue weighted by Gasteiger charge is -1.99. The Labute approximate surface area is 113 Å². The van der Waals surface area contributed by atoms with E-state index in [1.807, 2.05) is 30.5 Å². The third-order valence-electron chi connectivity index (χ3n) is 3.23. The molecular weight excluding hydrogens is 258 g/mol. The molecule has 2 aliphatic rings. The second-order valence-corrected chi connectivity index (χ2v) is 5.23. The molecule has 4 rings (SSSR count). The third kappa shape index (κ3) is 1.55. The van der Waals surface area contributed by atoms with E-state index in [0.717, 1.165) is 33.6 Å². The third-order valence-corrected chi connectivity index (χ3v) is 4.09. The van der Waals surface area contributed by atoms with E-state index in [-0.39, 0.29) is 5.91 Å². The fraction of sp³-hybridized carbons (Fsp3) is 0.0714. The molecule has 4 nitrogen and oxygen atoms in total. The molecule has 0 atom stereocenters. The first kappa shape index (κ1) is 10.6. The van der Waals surface area contributed by atoms with E-state index < -0.39 is 0 Å². The van der Waals surface area contributed by atoms with Crippen LogP contribution < -0.4 is 5.32 Å². The molecule has 19 heavy (non-hydrogen) atoms. The van der Waals surface area contributed by atoms with Crippen molar-refractivity contribution in [2.45, 2.75) is 6.42 Å². The summed E-state index contributed by atoms with van der Waals surface area (Å²) < 4.78 is 1.05. The molecule has 0 saturated carbocycles. The van der Waals surface area contributed by atoms with Crippen molar-refractivity contribution in [1.29, 1.82) is 0 Å². The number of anilines is 1. The van der Waals surface area contributed by atoms with Gasteiger partial charge in [-0.1, -0.05) is 6.08 Å². The number of carbonyl (C=O) groups excluding carboxylic acids is 1. The van der Waals surface area contributed by atoms with Crippen molar-refractivity contribution < 1.29 is 4.79 Å². The first-order chi connectivity index (χ1) is 9.33. The van der Waals surface area contributed by atoms with E-state index in [4.69, 9.17) is 0 Å². The second kappa shape index (κ2) is 3.86. The molecule has 92 valence electrons. The van der Waals surface area contributed by atoms with Gasteiger partial charge in [0.15, 0.2) is 0 Å². The minimum Gasteiger partial charge on any atom is -0.321 e. The first-order valence-electron chi connectivity index (χ1n) is 5.95. The van der Waals surface area contributed by atoms with Gasteiger partial charge in [-0.25, -0.2) is 4.98 Å². The molecule has 1 aromatic carbocycles. The number of hydrogen-bond donors (Lipinski definition) is 1. The summed E-state index contributed by atoms with van der Waals surface area (Å²) in [5.74, 6) is -0.0705. The molecule has 0 aliphatic carbocycles. The fourth-order valence-corrected chi connectivity index (χ4v) is 3.22. The summed E-state index contributed by atoms with van der Waals surface area (Å²) in [4.78, 5) is 20.6. The lowest BCUT2D eigenvalue weighted by molar-refractivity contribution is -0.110. The Morgan fingerprint density at radius 2 is 2.32 bits per heavy atom. The van der Waals surface area contributed by atoms with Crippen LogP contribution >= 0.6 is 11.3 Å². The standard InChI is InChI=1S/C14H9N3OS/c18-14-9(6-8-2-1-5-15-8)12-10(17-14)3-4-11-13(12)19-7-16-11/h2-7H,1H2,(H,17,18)/b9-6-. The van der Waals surface area contributed by atoms with Crippen LogP contribution in [0.4, 0.5) is 5.69 Å². The van der Waals surface area contributed by atoms with E-state index >= 15 is 0 Å². The second-order valence-electron chi connectivity index (χ2n) is 4.38. The molecule has 2 aliphatic heterocycles. The molecule has 0 spiro atoms. The van der Waals surface area contributed by atoms with E-state index in [0.29, 0.717) is 5.57 Å². The molecule has 1 N–H and O–H groups in total. The number of thiazole rings is 1. The molecule has 0 saturated heterocycles. The van der Waals surface area contributed by atoms with Crippen LogP contribution in [0.15, 0.2) is 40.5 Å². The summed E-state index contributed by atoms with van der Waals surface area (Å²) in [6.45, 7) is 0. The number of nitrogens with one attached hydrogen (secondary N) is 1. The van der Waals surface area contributed by atoms with Gasteiger partial charge in [-0.15, -0.1) is 11.3 Å². The first-order valence-corrected chi connectivity index (χ1v) is 6.83. The summed E-state index contributed by atoms with van der Waals surface area (Å²) in [5.41, 5.74) is 6.06. The summed E-state index contributed by atoms with van der Waals surface area (Å²) in [6.07, 6.45) is 6.53. The molecule has 1 aromatic heterocycles. The SMILES string of the molecule is O=C1Nc2ccc3ncsc3c2/C1=C/C1=CCC=N1. The van der Waals surface area contributed by atoms with Crippen molar-refractivity contribution in [3.8, 4) is 0 Å². The van der Waals surface area contributed by atoms with E-state index in [2.05, 4.69) is 15.3 Å². The Hall–Kier alpha value is -2.27. The highest BCUT2D eigenvalue weighted by Gasteiger charge is 2.27. The Kier molecular flexibility index (Phi) is 2.16. The van der Waals surface area contributed by atoms with Crippen molar-refractivity contribution in [2.75, 3.05) is 5.32 Å². The summed E-state index contributed by atoms with van der Waals surface area (Å²) >= 11 is 1.55. The van der Waals surface area contributed by atoms with Crippen LogP contribution in [0.25, 0.3) is 15.8 Å². The quantitative estimate of drug-likeness (QED) is 0.807. The molecule has 0 bridgehead atoms. The number of hydrogen-bond acceptors (Lipinski definition) is 4. The van der Waals surface area contributed by atoms with Gasteiger partial charge in [0.05, 0.1) is 32.7 Å². The number of benzene rings is 1. The van der Waals surface area contributed by atoms with Gasteiger partial charge in [0, 0.05) is 18.2 Å². The van der Waals surface area contributed by atoms with Gasteiger partial charge < -0.3 is 5.32 Å². The number of rotatable bonds is 1. The Bertz CT molecular complexity index is 798. The largest absolute Gasteiger partial charge is 0.321 e. The number of carbonyl (C=O) groups is 1. The van der Waals surface area contributed by atoms with E-state index in [9.17, 15) is 4.79 Å². The van der Waals surface area contributed by atoms with Gasteiger partial charge in [0.1, 0.15) is 0 Å². The molecule has 2 aromatic rings. The number of aromatic nitrogens is 1. The normalized spacial score (nSPS) is 19.1. The maximum atomic E-state index is 12.1. The van der Waals surface area contributed by atoms with Crippen LogP contribution in [-0.2, 0) is 4.79 Å². The molecule has 5 heteroatoms. The van der Waals surface area contributed by atoms with E-state index in [1.54, 1.807) is 16.8 Å². The average molecular weight is 267 g/mol. The Morgan fingerprint density at radius 3 is 3.16 bits per heavy atom. The van der Waals surface area contributed by atoms with Crippen LogP contribution in [0.3, 0.4) is 0 Å². The predicted octanol–water partition coefficient (Wildman–Crippen LogP) is 2.99. The summed E-state index contributed by atoms with van der Waals surface area (Å²) in [7, 11) is 0. The van der Waals surface area contributed by atoms with Gasteiger partial charge in [-0.3, -0.25) is 9.79 Å². The van der Waals surface area contributed by atoms with Crippen LogP contribution in [0.1, 0.15) is 12.0 Å². The molecule has 0 fully saturated rings. The van der Waals surface area contributed by atoms with Crippen molar-refractivity contribution >= 4 is 44.9 Å². The minimum atomic E-state index is -0.0705. The molecular formula is C14H9N3OS. The zero-order valence-electron chi connectivity index (χ0n) is 9.88. The number of amides is 1. The number of nitrogens with zero attached hydrogens (tertiary/aromatic N) is 2. The highest BCUT2D eigenvalue weighted by atomic mass is 32.1. The molecule has 0 radical (unpaired) electrons. The number of allylic oxidation sites excluding steroid dienone is 2. The van der Waals surface area contributed by atoms with Crippen molar-refractivity contribution in [3.05, 3.63) is 41.1 Å². The Balaban J connectivity index is 1.97. The smallest absolute Gasteiger partial charge is 0.256 e. The van der Waals surface area contributed by atoms with Crippen LogP contribution in [-0.4, -0.2) is 17.1 Å². The van der Waals surface area contributed by atoms with Crippen LogP contribution in [0, 0.1) is 0 Å². The maximum absolute atomic E-state index is 12.1. The molecule has 3 heterocycles. The van der Waals surface area contributed by atoms with Gasteiger partial charge in [-0.05, 0) is 18.2 Å². The number of fused-ring (bicyclic) bond motifs is 3. The van der Waals surface area contributed by atoms with Crippen molar-refractivity contribution in [1.82, 2.24) is 4.98 Å². The van der Waals surface area contributed by atoms with Crippen LogP contribution in [0.2, 0.25) is 0 Å². The topological polar surface area (TPSA) is 54.4 Å². The lowest BCUT2D eigenvalue weighted by atomic mass is 10.1. The van der Waals surface area contributed by atoms with Crippen LogP contribution in [0.5, 0.6) is 0 Å². The summed E-state index contributed by atoms with van der Waals surface area (Å²) in [5, 5.41) is 2.90. The zero-order valence-corrected chi connectivity index (χ0v) is 10.7. The van der Waals surface area contributed by atoms with Gasteiger partial charge >= 0.3 is 0 Å².